The van der Waals surface area contributed by atoms with E-state index in [1.807, 2.05) is 23.1 Å². The van der Waals surface area contributed by atoms with Crippen LogP contribution in [0.4, 0.5) is 5.00 Å². The summed E-state index contributed by atoms with van der Waals surface area (Å²) in [4.78, 5) is 17.9. The van der Waals surface area contributed by atoms with E-state index in [2.05, 4.69) is 17.0 Å². The van der Waals surface area contributed by atoms with Crippen LogP contribution < -0.4 is 14.4 Å². The van der Waals surface area contributed by atoms with Gasteiger partial charge in [-0.1, -0.05) is 0 Å². The summed E-state index contributed by atoms with van der Waals surface area (Å²) in [6.07, 6.45) is 6.07. The fourth-order valence-electron chi connectivity index (χ4n) is 5.17. The number of esters is 1. The number of carbonyl (C=O) groups excluding carboxylic acids is 1. The molecule has 10 nitrogen and oxygen atoms in total. The second-order valence-electron chi connectivity index (χ2n) is 10.3. The number of thiophene rings is 1. The number of carbonyl (C=O) groups is 1. The largest absolute Gasteiger partial charge is 0.493 e. The van der Waals surface area contributed by atoms with Crippen LogP contribution >= 0.6 is 11.3 Å². The van der Waals surface area contributed by atoms with Crippen LogP contribution in [0.1, 0.15) is 36.1 Å². The number of ether oxygens (including phenoxy) is 3. The molecule has 0 aliphatic carbocycles. The number of piperidine rings is 2. The van der Waals surface area contributed by atoms with Gasteiger partial charge < -0.3 is 19.1 Å². The summed E-state index contributed by atoms with van der Waals surface area (Å²) >= 11 is 1.62. The van der Waals surface area contributed by atoms with E-state index >= 15 is 0 Å². The van der Waals surface area contributed by atoms with Crippen molar-refractivity contribution in [1.29, 1.82) is 5.26 Å². The normalized spacial score (nSPS) is 19.0. The number of rotatable bonds is 11. The summed E-state index contributed by atoms with van der Waals surface area (Å²) in [5.74, 6) is 1.03. The lowest BCUT2D eigenvalue weighted by Crippen LogP contribution is -2.43. The first kappa shape index (κ1) is 30.8. The van der Waals surface area contributed by atoms with E-state index < -0.39 is 10.1 Å². The fraction of sp³-hybridized carbons (Fsp3) is 0.517. The summed E-state index contributed by atoms with van der Waals surface area (Å²) in [5.41, 5.74) is 1.29. The van der Waals surface area contributed by atoms with Crippen LogP contribution in [0.2, 0.25) is 0 Å². The lowest BCUT2D eigenvalue weighted by Gasteiger charge is -2.34. The van der Waals surface area contributed by atoms with E-state index in [1.54, 1.807) is 37.7 Å². The maximum atomic E-state index is 12.6. The van der Waals surface area contributed by atoms with Crippen LogP contribution in [0.5, 0.6) is 11.5 Å². The molecule has 2 saturated heterocycles. The number of hydrogen-bond donors (Lipinski definition) is 0. The molecule has 1 atom stereocenters. The predicted octanol–water partition coefficient (Wildman–Crippen LogP) is 4.03. The molecular formula is C29H37N3O7S2. The van der Waals surface area contributed by atoms with Crippen molar-refractivity contribution in [3.05, 3.63) is 40.8 Å². The van der Waals surface area contributed by atoms with Crippen molar-refractivity contribution in [2.45, 2.75) is 31.8 Å². The molecule has 0 spiro atoms. The molecule has 2 aromatic rings. The van der Waals surface area contributed by atoms with Gasteiger partial charge in [-0.3, -0.25) is 13.9 Å². The number of likely N-dealkylation sites (tertiary alicyclic amines) is 1. The molecule has 4 rings (SSSR count). The van der Waals surface area contributed by atoms with Crippen molar-refractivity contribution in [3.8, 4) is 17.6 Å². The van der Waals surface area contributed by atoms with Crippen molar-refractivity contribution in [3.63, 3.8) is 0 Å². The van der Waals surface area contributed by atoms with Gasteiger partial charge >= 0.3 is 5.97 Å². The molecule has 0 N–H and O–H groups in total. The van der Waals surface area contributed by atoms with Crippen LogP contribution in [0.15, 0.2) is 30.3 Å². The van der Waals surface area contributed by atoms with E-state index in [-0.39, 0.29) is 31.1 Å². The highest BCUT2D eigenvalue weighted by atomic mass is 32.2. The second-order valence-corrected chi connectivity index (χ2v) is 13.1. The number of nitriles is 1. The average molecular weight is 604 g/mol. The van der Waals surface area contributed by atoms with Crippen molar-refractivity contribution in [1.82, 2.24) is 4.90 Å². The minimum absolute atomic E-state index is 0.0864. The van der Waals surface area contributed by atoms with E-state index in [0.717, 1.165) is 67.0 Å². The molecule has 1 aromatic heterocycles. The zero-order chi connectivity index (χ0) is 29.4. The molecule has 2 fully saturated rings. The van der Waals surface area contributed by atoms with Gasteiger partial charge in [0.2, 0.25) is 0 Å². The first-order chi connectivity index (χ1) is 19.7. The van der Waals surface area contributed by atoms with E-state index in [1.165, 1.54) is 0 Å². The Hall–Kier alpha value is -3.11. The summed E-state index contributed by atoms with van der Waals surface area (Å²) < 4.78 is 44.0. The molecule has 0 amide bonds. The quantitative estimate of drug-likeness (QED) is 0.212. The molecule has 0 saturated carbocycles. The summed E-state index contributed by atoms with van der Waals surface area (Å²) in [6.45, 7) is 3.32. The Morgan fingerprint density at radius 1 is 1.10 bits per heavy atom. The molecule has 222 valence electrons. The molecule has 3 heterocycles. The lowest BCUT2D eigenvalue weighted by atomic mass is 9.99. The zero-order valence-electron chi connectivity index (χ0n) is 23.7. The maximum absolute atomic E-state index is 12.6. The number of nitrogens with zero attached hydrogens (tertiary/aromatic N) is 3. The predicted molar refractivity (Wildman–Crippen MR) is 159 cm³/mol. The number of allylic oxidation sites excluding steroid dienone is 1. The third kappa shape index (κ3) is 8.94. The van der Waals surface area contributed by atoms with Crippen molar-refractivity contribution in [2.24, 2.45) is 5.92 Å². The Morgan fingerprint density at radius 2 is 1.85 bits per heavy atom. The lowest BCUT2D eigenvalue weighted by molar-refractivity contribution is -0.151. The van der Waals surface area contributed by atoms with Gasteiger partial charge in [0.25, 0.3) is 10.1 Å². The van der Waals surface area contributed by atoms with Crippen molar-refractivity contribution < 1.29 is 31.6 Å². The topological polar surface area (TPSA) is 118 Å². The molecule has 1 unspecified atom stereocenters. The van der Waals surface area contributed by atoms with E-state index in [0.29, 0.717) is 23.6 Å². The Balaban J connectivity index is 1.26. The summed E-state index contributed by atoms with van der Waals surface area (Å²) in [6, 6.07) is 11.8. The Labute approximate surface area is 246 Å². The number of hydrogen-bond acceptors (Lipinski definition) is 11. The minimum atomic E-state index is -3.47. The molecule has 2 aliphatic rings. The van der Waals surface area contributed by atoms with Gasteiger partial charge in [-0.25, -0.2) is 0 Å². The van der Waals surface area contributed by atoms with Gasteiger partial charge in [0.05, 0.1) is 50.3 Å². The summed E-state index contributed by atoms with van der Waals surface area (Å²) in [5, 5.41) is 10.9. The first-order valence-corrected chi connectivity index (χ1v) is 16.3. The van der Waals surface area contributed by atoms with Gasteiger partial charge in [-0.2, -0.15) is 13.7 Å². The highest BCUT2D eigenvalue weighted by molar-refractivity contribution is 7.85. The second kappa shape index (κ2) is 14.2. The van der Waals surface area contributed by atoms with Crippen LogP contribution in [-0.4, -0.2) is 85.2 Å². The first-order valence-electron chi connectivity index (χ1n) is 13.6. The number of methoxy groups -OCH3 is 2. The third-order valence-electron chi connectivity index (χ3n) is 7.24. The van der Waals surface area contributed by atoms with Crippen LogP contribution in [0.25, 0.3) is 11.6 Å². The Morgan fingerprint density at radius 3 is 2.54 bits per heavy atom. The zero-order valence-corrected chi connectivity index (χ0v) is 25.3. The van der Waals surface area contributed by atoms with Gasteiger partial charge in [0.1, 0.15) is 6.10 Å². The van der Waals surface area contributed by atoms with Gasteiger partial charge in [0, 0.05) is 37.4 Å². The molecule has 1 aromatic carbocycles. The van der Waals surface area contributed by atoms with Crippen LogP contribution in [0.3, 0.4) is 0 Å². The highest BCUT2D eigenvalue weighted by Crippen LogP contribution is 2.34. The van der Waals surface area contributed by atoms with Crippen LogP contribution in [0, 0.1) is 17.2 Å². The Bertz CT molecular complexity index is 1370. The number of anilines is 1. The molecule has 0 radical (unpaired) electrons. The summed E-state index contributed by atoms with van der Waals surface area (Å²) in [7, 11) is -0.323. The molecule has 2 aliphatic heterocycles. The highest BCUT2D eigenvalue weighted by Gasteiger charge is 2.27. The SMILES string of the molecule is COc1ccc(/C(C#N)=C/c2ccc(N3CCC(OC(=O)CN4CCCC(COS(C)(=O)=O)C4)CC3)s2)cc1OC. The van der Waals surface area contributed by atoms with Gasteiger partial charge in [0.15, 0.2) is 11.5 Å². The molecule has 12 heteroatoms. The monoisotopic (exact) mass is 603 g/mol. The maximum Gasteiger partial charge on any atom is 0.320 e. The van der Waals surface area contributed by atoms with Crippen molar-refractivity contribution >= 4 is 44.1 Å². The van der Waals surface area contributed by atoms with Gasteiger partial charge in [-0.15, -0.1) is 11.3 Å². The van der Waals surface area contributed by atoms with Crippen LogP contribution in [-0.2, 0) is 23.8 Å². The Kier molecular flexibility index (Phi) is 10.7. The van der Waals surface area contributed by atoms with Crippen molar-refractivity contribution in [2.75, 3.05) is 64.7 Å². The molecule has 0 bridgehead atoms. The van der Waals surface area contributed by atoms with E-state index in [4.69, 9.17) is 18.4 Å². The smallest absolute Gasteiger partial charge is 0.320 e. The molecule has 41 heavy (non-hydrogen) atoms. The number of benzene rings is 1. The molecular weight excluding hydrogens is 566 g/mol. The third-order valence-corrected chi connectivity index (χ3v) is 8.90. The average Bonchev–Trinajstić information content (AvgIpc) is 3.43. The van der Waals surface area contributed by atoms with Gasteiger partial charge in [-0.05, 0) is 67.3 Å². The minimum Gasteiger partial charge on any atom is -0.493 e. The fourth-order valence-corrected chi connectivity index (χ4v) is 6.61. The standard InChI is InChI=1S/C29H37N3O7S2/c1-36-26-8-6-22(16-27(26)37-2)23(17-30)15-25-7-9-28(40-25)32-13-10-24(11-14-32)39-29(33)19-31-12-4-5-21(18-31)20-38-41(3,34)35/h6-9,15-16,21,24H,4-5,10-14,18-20H2,1-3H3/b23-15+. The van der Waals surface area contributed by atoms with E-state index in [9.17, 15) is 18.5 Å².